The molecule has 0 radical (unpaired) electrons. The number of likely N-dealkylation sites (N-methyl/N-ethyl adjacent to an activating group) is 1. The van der Waals surface area contributed by atoms with Crippen LogP contribution in [0.1, 0.15) is 31.5 Å². The van der Waals surface area contributed by atoms with Crippen LogP contribution in [0.4, 0.5) is 0 Å². The first kappa shape index (κ1) is 16.4. The van der Waals surface area contributed by atoms with Crippen LogP contribution in [0.2, 0.25) is 0 Å². The van der Waals surface area contributed by atoms with Crippen LogP contribution in [-0.2, 0) is 6.54 Å². The van der Waals surface area contributed by atoms with E-state index < -0.39 is 0 Å². The van der Waals surface area contributed by atoms with E-state index in [2.05, 4.69) is 41.3 Å². The maximum absolute atomic E-state index is 8.74. The van der Waals surface area contributed by atoms with E-state index in [1.165, 1.54) is 0 Å². The Hall–Kier alpha value is -1.66. The summed E-state index contributed by atoms with van der Waals surface area (Å²) in [6.07, 6.45) is 2.78. The third kappa shape index (κ3) is 4.79. The second-order valence-corrected chi connectivity index (χ2v) is 4.91. The van der Waals surface area contributed by atoms with Gasteiger partial charge < -0.3 is 21.2 Å². The van der Waals surface area contributed by atoms with Gasteiger partial charge in [-0.25, -0.2) is 0 Å². The fourth-order valence-corrected chi connectivity index (χ4v) is 1.87. The zero-order chi connectivity index (χ0) is 15.0. The highest BCUT2D eigenvalue weighted by molar-refractivity contribution is 5.96. The van der Waals surface area contributed by atoms with Crippen LogP contribution in [0.5, 0.6) is 0 Å². The van der Waals surface area contributed by atoms with Gasteiger partial charge in [-0.15, -0.1) is 0 Å². The number of pyridine rings is 1. The molecule has 6 heteroatoms. The summed E-state index contributed by atoms with van der Waals surface area (Å²) in [5, 5.41) is 15.1. The maximum Gasteiger partial charge on any atom is 0.189 e. The Labute approximate surface area is 120 Å². The number of rotatable bonds is 8. The molecule has 0 aromatic carbocycles. The lowest BCUT2D eigenvalue weighted by atomic mass is 10.2. The zero-order valence-corrected chi connectivity index (χ0v) is 12.5. The van der Waals surface area contributed by atoms with Crippen molar-refractivity contribution in [3.05, 3.63) is 29.6 Å². The molecule has 0 amide bonds. The smallest absolute Gasteiger partial charge is 0.189 e. The molecule has 0 fully saturated rings. The van der Waals surface area contributed by atoms with Crippen molar-refractivity contribution in [1.82, 2.24) is 15.2 Å². The number of amidine groups is 1. The summed E-state index contributed by atoms with van der Waals surface area (Å²) in [6.45, 7) is 6.92. The molecular weight excluding hydrogens is 254 g/mol. The van der Waals surface area contributed by atoms with Gasteiger partial charge in [0.05, 0.1) is 0 Å². The third-order valence-electron chi connectivity index (χ3n) is 3.54. The molecular formula is C14H25N5O. The highest BCUT2D eigenvalue weighted by atomic mass is 16.4. The Kier molecular flexibility index (Phi) is 6.97. The highest BCUT2D eigenvalue weighted by Crippen LogP contribution is 2.05. The summed E-state index contributed by atoms with van der Waals surface area (Å²) < 4.78 is 0. The van der Waals surface area contributed by atoms with Gasteiger partial charge in [0.1, 0.15) is 5.69 Å². The van der Waals surface area contributed by atoms with Gasteiger partial charge in [0.25, 0.3) is 0 Å². The van der Waals surface area contributed by atoms with Crippen LogP contribution in [0.3, 0.4) is 0 Å². The second-order valence-electron chi connectivity index (χ2n) is 4.91. The summed E-state index contributed by atoms with van der Waals surface area (Å²) in [5.74, 6) is 0.0409. The minimum atomic E-state index is 0.0409. The summed E-state index contributed by atoms with van der Waals surface area (Å²) >= 11 is 0. The van der Waals surface area contributed by atoms with Crippen molar-refractivity contribution < 1.29 is 5.21 Å². The summed E-state index contributed by atoms with van der Waals surface area (Å²) in [4.78, 5) is 6.46. The van der Waals surface area contributed by atoms with Crippen molar-refractivity contribution in [3.63, 3.8) is 0 Å². The molecule has 0 aliphatic carbocycles. The Morgan fingerprint density at radius 3 is 3.00 bits per heavy atom. The molecule has 1 unspecified atom stereocenters. The van der Waals surface area contributed by atoms with Gasteiger partial charge in [0.15, 0.2) is 5.84 Å². The molecule has 0 saturated carbocycles. The molecule has 0 bridgehead atoms. The number of nitrogens with one attached hydrogen (secondary N) is 1. The largest absolute Gasteiger partial charge is 0.409 e. The molecule has 1 aromatic heterocycles. The van der Waals surface area contributed by atoms with E-state index in [-0.39, 0.29) is 5.84 Å². The van der Waals surface area contributed by atoms with Crippen molar-refractivity contribution in [2.45, 2.75) is 32.9 Å². The van der Waals surface area contributed by atoms with Crippen LogP contribution in [0.25, 0.3) is 0 Å². The quantitative estimate of drug-likeness (QED) is 0.217. The van der Waals surface area contributed by atoms with E-state index in [1.54, 1.807) is 6.20 Å². The number of hydrogen-bond donors (Lipinski definition) is 3. The van der Waals surface area contributed by atoms with E-state index in [4.69, 9.17) is 10.9 Å². The Morgan fingerprint density at radius 2 is 2.35 bits per heavy atom. The topological polar surface area (TPSA) is 86.8 Å². The second kappa shape index (κ2) is 8.50. The minimum absolute atomic E-state index is 0.0409. The van der Waals surface area contributed by atoms with Crippen LogP contribution < -0.4 is 11.1 Å². The molecule has 6 nitrogen and oxygen atoms in total. The van der Waals surface area contributed by atoms with Crippen LogP contribution >= 0.6 is 0 Å². The van der Waals surface area contributed by atoms with Gasteiger partial charge in [0, 0.05) is 31.9 Å². The maximum atomic E-state index is 8.74. The molecule has 112 valence electrons. The van der Waals surface area contributed by atoms with E-state index in [0.29, 0.717) is 18.3 Å². The molecule has 0 aliphatic heterocycles. The molecule has 1 heterocycles. The van der Waals surface area contributed by atoms with E-state index in [9.17, 15) is 0 Å². The van der Waals surface area contributed by atoms with Gasteiger partial charge in [-0.05, 0) is 32.0 Å². The molecule has 1 rings (SSSR count). The summed E-state index contributed by atoms with van der Waals surface area (Å²) in [7, 11) is 2.13. The SMILES string of the molecule is CCC(C)N(C)CCNCc1cccnc1/C(N)=N/O. The predicted molar refractivity (Wildman–Crippen MR) is 80.8 cm³/mol. The van der Waals surface area contributed by atoms with Crippen molar-refractivity contribution in [3.8, 4) is 0 Å². The Bertz CT molecular complexity index is 435. The Morgan fingerprint density at radius 1 is 1.60 bits per heavy atom. The Balaban J connectivity index is 2.47. The lowest BCUT2D eigenvalue weighted by molar-refractivity contribution is 0.251. The van der Waals surface area contributed by atoms with Crippen LogP contribution in [-0.4, -0.2) is 47.1 Å². The first-order valence-corrected chi connectivity index (χ1v) is 6.92. The van der Waals surface area contributed by atoms with Gasteiger partial charge >= 0.3 is 0 Å². The van der Waals surface area contributed by atoms with Crippen LogP contribution in [0, 0.1) is 0 Å². The molecule has 1 aromatic rings. The van der Waals surface area contributed by atoms with E-state index >= 15 is 0 Å². The van der Waals surface area contributed by atoms with E-state index in [1.807, 2.05) is 12.1 Å². The van der Waals surface area contributed by atoms with Crippen molar-refractivity contribution in [2.75, 3.05) is 20.1 Å². The molecule has 4 N–H and O–H groups in total. The highest BCUT2D eigenvalue weighted by Gasteiger charge is 2.08. The summed E-state index contributed by atoms with van der Waals surface area (Å²) in [6, 6.07) is 4.35. The average Bonchev–Trinajstić information content (AvgIpc) is 2.50. The van der Waals surface area contributed by atoms with Crippen molar-refractivity contribution in [2.24, 2.45) is 10.9 Å². The fraction of sp³-hybridized carbons (Fsp3) is 0.571. The molecule has 0 aliphatic rings. The first-order valence-electron chi connectivity index (χ1n) is 6.92. The van der Waals surface area contributed by atoms with Gasteiger partial charge in [-0.1, -0.05) is 18.1 Å². The average molecular weight is 279 g/mol. The van der Waals surface area contributed by atoms with Gasteiger partial charge in [-0.3, -0.25) is 4.98 Å². The number of hydrogen-bond acceptors (Lipinski definition) is 5. The van der Waals surface area contributed by atoms with Crippen LogP contribution in [0.15, 0.2) is 23.5 Å². The first-order chi connectivity index (χ1) is 9.60. The minimum Gasteiger partial charge on any atom is -0.409 e. The van der Waals surface area contributed by atoms with Crippen molar-refractivity contribution >= 4 is 5.84 Å². The van der Waals surface area contributed by atoms with Crippen molar-refractivity contribution in [1.29, 1.82) is 0 Å². The number of nitrogens with two attached hydrogens (primary N) is 1. The molecule has 20 heavy (non-hydrogen) atoms. The molecule has 0 saturated heterocycles. The zero-order valence-electron chi connectivity index (χ0n) is 12.5. The fourth-order valence-electron chi connectivity index (χ4n) is 1.87. The molecule has 1 atom stereocenters. The third-order valence-corrected chi connectivity index (χ3v) is 3.54. The lowest BCUT2D eigenvalue weighted by Crippen LogP contribution is -2.35. The number of oxime groups is 1. The van der Waals surface area contributed by atoms with Gasteiger partial charge in [-0.2, -0.15) is 0 Å². The molecule has 0 spiro atoms. The lowest BCUT2D eigenvalue weighted by Gasteiger charge is -2.23. The van der Waals surface area contributed by atoms with E-state index in [0.717, 1.165) is 25.1 Å². The normalized spacial score (nSPS) is 13.7. The predicted octanol–water partition coefficient (Wildman–Crippen LogP) is 0.996. The standard InChI is InChI=1S/C14H25N5O/c1-4-11(2)19(3)9-8-16-10-12-6-5-7-17-13(12)14(15)18-20/h5-7,11,16,20H,4,8-10H2,1-3H3,(H2,15,18). The monoisotopic (exact) mass is 279 g/mol. The number of nitrogens with zero attached hydrogens (tertiary/aromatic N) is 3. The number of aromatic nitrogens is 1. The summed E-state index contributed by atoms with van der Waals surface area (Å²) in [5.41, 5.74) is 7.06. The van der Waals surface area contributed by atoms with Gasteiger partial charge in [0.2, 0.25) is 0 Å².